The highest BCUT2D eigenvalue weighted by Gasteiger charge is 2.21. The molecule has 0 saturated heterocycles. The van der Waals surface area contributed by atoms with Gasteiger partial charge in [0, 0.05) is 0 Å². The van der Waals surface area contributed by atoms with Crippen LogP contribution in [-0.4, -0.2) is 6.61 Å². The summed E-state index contributed by atoms with van der Waals surface area (Å²) >= 11 is 0. The van der Waals surface area contributed by atoms with Crippen LogP contribution in [0.3, 0.4) is 0 Å². The van der Waals surface area contributed by atoms with Crippen LogP contribution in [0, 0.1) is 0 Å². The SMILES string of the molecule is CCOOC(C)(C)c1ccccc1. The summed E-state index contributed by atoms with van der Waals surface area (Å²) in [6, 6.07) is 10.0. The lowest BCUT2D eigenvalue weighted by atomic mass is 9.99. The molecule has 0 aliphatic carbocycles. The molecule has 1 aromatic rings. The van der Waals surface area contributed by atoms with Gasteiger partial charge in [-0.3, -0.25) is 0 Å². The average molecular weight is 180 g/mol. The van der Waals surface area contributed by atoms with Crippen LogP contribution in [0.1, 0.15) is 26.3 Å². The van der Waals surface area contributed by atoms with Crippen molar-refractivity contribution < 1.29 is 9.78 Å². The first-order valence-electron chi connectivity index (χ1n) is 4.53. The van der Waals surface area contributed by atoms with Gasteiger partial charge in [-0.1, -0.05) is 30.3 Å². The van der Waals surface area contributed by atoms with E-state index in [1.165, 1.54) is 0 Å². The Hall–Kier alpha value is -0.860. The zero-order chi connectivity index (χ0) is 9.73. The van der Waals surface area contributed by atoms with E-state index in [4.69, 9.17) is 9.78 Å². The maximum Gasteiger partial charge on any atom is 0.123 e. The molecular weight excluding hydrogens is 164 g/mol. The molecule has 0 N–H and O–H groups in total. The summed E-state index contributed by atoms with van der Waals surface area (Å²) in [5.41, 5.74) is 0.737. The summed E-state index contributed by atoms with van der Waals surface area (Å²) in [4.78, 5) is 10.2. The first-order valence-corrected chi connectivity index (χ1v) is 4.53. The van der Waals surface area contributed by atoms with E-state index in [9.17, 15) is 0 Å². The quantitative estimate of drug-likeness (QED) is 0.524. The van der Waals surface area contributed by atoms with Gasteiger partial charge in [0.1, 0.15) is 5.60 Å². The van der Waals surface area contributed by atoms with Gasteiger partial charge in [-0.05, 0) is 26.3 Å². The van der Waals surface area contributed by atoms with Crippen molar-refractivity contribution in [2.75, 3.05) is 6.61 Å². The van der Waals surface area contributed by atoms with E-state index in [0.717, 1.165) is 5.56 Å². The van der Waals surface area contributed by atoms with Crippen LogP contribution in [0.5, 0.6) is 0 Å². The fourth-order valence-electron chi connectivity index (χ4n) is 1.09. The third-order valence-corrected chi connectivity index (χ3v) is 1.85. The Kier molecular flexibility index (Phi) is 3.46. The molecule has 0 fully saturated rings. The van der Waals surface area contributed by atoms with Gasteiger partial charge in [-0.25, -0.2) is 9.78 Å². The molecule has 0 unspecified atom stereocenters. The highest BCUT2D eigenvalue weighted by molar-refractivity contribution is 5.20. The molecule has 72 valence electrons. The maximum absolute atomic E-state index is 5.26. The van der Waals surface area contributed by atoms with E-state index in [1.54, 1.807) is 0 Å². The van der Waals surface area contributed by atoms with Gasteiger partial charge in [0.15, 0.2) is 0 Å². The Labute approximate surface area is 79.4 Å². The molecule has 0 spiro atoms. The standard InChI is InChI=1S/C11H16O2/c1-4-12-13-11(2,3)10-8-6-5-7-9-10/h5-9H,4H2,1-3H3. The molecule has 2 heteroatoms. The molecular formula is C11H16O2. The van der Waals surface area contributed by atoms with Crippen LogP contribution in [0.15, 0.2) is 30.3 Å². The fourth-order valence-corrected chi connectivity index (χ4v) is 1.09. The molecule has 0 bridgehead atoms. The van der Waals surface area contributed by atoms with Crippen LogP contribution < -0.4 is 0 Å². The van der Waals surface area contributed by atoms with E-state index >= 15 is 0 Å². The molecule has 13 heavy (non-hydrogen) atoms. The van der Waals surface area contributed by atoms with Crippen LogP contribution in [0.25, 0.3) is 0 Å². The number of hydrogen-bond acceptors (Lipinski definition) is 2. The Balaban J connectivity index is 2.69. The minimum absolute atomic E-state index is 0.378. The van der Waals surface area contributed by atoms with Gasteiger partial charge in [-0.2, -0.15) is 0 Å². The van der Waals surface area contributed by atoms with Crippen LogP contribution in [-0.2, 0) is 15.4 Å². The van der Waals surface area contributed by atoms with Crippen molar-refractivity contribution >= 4 is 0 Å². The summed E-state index contributed by atoms with van der Waals surface area (Å²) in [6.07, 6.45) is 0. The second-order valence-corrected chi connectivity index (χ2v) is 3.37. The molecule has 1 rings (SSSR count). The van der Waals surface area contributed by atoms with E-state index in [0.29, 0.717) is 6.61 Å². The molecule has 0 heterocycles. The van der Waals surface area contributed by atoms with E-state index in [1.807, 2.05) is 51.1 Å². The number of hydrogen-bond donors (Lipinski definition) is 0. The average Bonchev–Trinajstić information content (AvgIpc) is 2.16. The smallest absolute Gasteiger partial charge is 0.123 e. The van der Waals surface area contributed by atoms with Crippen LogP contribution in [0.2, 0.25) is 0 Å². The largest absolute Gasteiger partial charge is 0.236 e. The van der Waals surface area contributed by atoms with E-state index < -0.39 is 0 Å². The normalized spacial score (nSPS) is 11.6. The lowest BCUT2D eigenvalue weighted by molar-refractivity contribution is -0.355. The maximum atomic E-state index is 5.26. The van der Waals surface area contributed by atoms with E-state index in [-0.39, 0.29) is 5.60 Å². The summed E-state index contributed by atoms with van der Waals surface area (Å²) < 4.78 is 0. The van der Waals surface area contributed by atoms with Gasteiger partial charge in [0.2, 0.25) is 0 Å². The van der Waals surface area contributed by atoms with Crippen molar-refractivity contribution in [2.45, 2.75) is 26.4 Å². The Bertz CT molecular complexity index is 242. The van der Waals surface area contributed by atoms with Crippen LogP contribution >= 0.6 is 0 Å². The van der Waals surface area contributed by atoms with Gasteiger partial charge >= 0.3 is 0 Å². The first kappa shape index (κ1) is 10.2. The third-order valence-electron chi connectivity index (χ3n) is 1.85. The van der Waals surface area contributed by atoms with Crippen molar-refractivity contribution in [3.8, 4) is 0 Å². The second-order valence-electron chi connectivity index (χ2n) is 3.37. The lowest BCUT2D eigenvalue weighted by Crippen LogP contribution is -2.21. The van der Waals surface area contributed by atoms with Gasteiger partial charge in [0.05, 0.1) is 6.61 Å². The highest BCUT2D eigenvalue weighted by atomic mass is 17.2. The van der Waals surface area contributed by atoms with Crippen molar-refractivity contribution in [1.82, 2.24) is 0 Å². The minimum atomic E-state index is -0.378. The van der Waals surface area contributed by atoms with Crippen molar-refractivity contribution in [1.29, 1.82) is 0 Å². The molecule has 0 amide bonds. The van der Waals surface area contributed by atoms with Gasteiger partial charge in [0.25, 0.3) is 0 Å². The predicted molar refractivity (Wildman–Crippen MR) is 52.2 cm³/mol. The number of benzene rings is 1. The third kappa shape index (κ3) is 2.83. The zero-order valence-electron chi connectivity index (χ0n) is 8.41. The van der Waals surface area contributed by atoms with Crippen molar-refractivity contribution in [3.05, 3.63) is 35.9 Å². The predicted octanol–water partition coefficient (Wildman–Crippen LogP) is 2.89. The molecule has 0 saturated carbocycles. The van der Waals surface area contributed by atoms with Gasteiger partial charge in [-0.15, -0.1) is 0 Å². The second kappa shape index (κ2) is 4.40. The summed E-state index contributed by atoms with van der Waals surface area (Å²) in [7, 11) is 0. The molecule has 1 aromatic carbocycles. The first-order chi connectivity index (χ1) is 6.17. The molecule has 0 aliphatic rings. The molecule has 0 radical (unpaired) electrons. The van der Waals surface area contributed by atoms with Gasteiger partial charge < -0.3 is 0 Å². The molecule has 2 nitrogen and oxygen atoms in total. The van der Waals surface area contributed by atoms with Crippen molar-refractivity contribution in [2.24, 2.45) is 0 Å². The van der Waals surface area contributed by atoms with E-state index in [2.05, 4.69) is 0 Å². The fraction of sp³-hybridized carbons (Fsp3) is 0.455. The minimum Gasteiger partial charge on any atom is -0.236 e. The molecule has 0 aromatic heterocycles. The van der Waals surface area contributed by atoms with Crippen LogP contribution in [0.4, 0.5) is 0 Å². The number of rotatable bonds is 4. The summed E-state index contributed by atoms with van der Waals surface area (Å²) in [6.45, 7) is 6.44. The Morgan fingerprint density at radius 3 is 2.31 bits per heavy atom. The molecule has 0 atom stereocenters. The topological polar surface area (TPSA) is 18.5 Å². The lowest BCUT2D eigenvalue weighted by Gasteiger charge is -2.23. The Morgan fingerprint density at radius 2 is 1.77 bits per heavy atom. The summed E-state index contributed by atoms with van der Waals surface area (Å²) in [5.74, 6) is 0. The Morgan fingerprint density at radius 1 is 1.15 bits per heavy atom. The molecule has 0 aliphatic heterocycles. The zero-order valence-corrected chi connectivity index (χ0v) is 8.41. The monoisotopic (exact) mass is 180 g/mol. The summed E-state index contributed by atoms with van der Waals surface area (Å²) in [5, 5.41) is 0. The van der Waals surface area contributed by atoms with Crippen molar-refractivity contribution in [3.63, 3.8) is 0 Å². The highest BCUT2D eigenvalue weighted by Crippen LogP contribution is 2.24.